The number of hydrogen-bond acceptors (Lipinski definition) is 5. The highest BCUT2D eigenvalue weighted by Gasteiger charge is 2.11. The van der Waals surface area contributed by atoms with Gasteiger partial charge in [-0.25, -0.2) is 13.6 Å². The van der Waals surface area contributed by atoms with Gasteiger partial charge in [0.25, 0.3) is 5.91 Å². The Hall–Kier alpha value is -2.43. The first-order valence-corrected chi connectivity index (χ1v) is 8.27. The van der Waals surface area contributed by atoms with Crippen LogP contribution in [0, 0.1) is 6.92 Å². The van der Waals surface area contributed by atoms with Crippen LogP contribution in [0.15, 0.2) is 45.9 Å². The minimum Gasteiger partial charge on any atom is -0.469 e. The van der Waals surface area contributed by atoms with E-state index >= 15 is 0 Å². The highest BCUT2D eigenvalue weighted by atomic mass is 32.2. The number of furan rings is 1. The van der Waals surface area contributed by atoms with E-state index in [1.54, 1.807) is 6.92 Å². The van der Waals surface area contributed by atoms with Crippen LogP contribution < -0.4 is 21.3 Å². The Labute approximate surface area is 138 Å². The fourth-order valence-corrected chi connectivity index (χ4v) is 2.38. The number of anilines is 1. The summed E-state index contributed by atoms with van der Waals surface area (Å²) in [6.45, 7) is 1.67. The standard InChI is InChI=1S/C13H14N4O4S2/c1-8-11(6-7-21-8)12(18)16-17-13(22)15-9-2-4-10(5-3-9)23(14,19)20/h2-7H,1H3,(H,16,18)(H2,14,19,20)(H2,15,17,22). The minimum absolute atomic E-state index is 0.00865. The van der Waals surface area contributed by atoms with Crippen molar-refractivity contribution in [3.63, 3.8) is 0 Å². The Bertz CT molecular complexity index is 828. The van der Waals surface area contributed by atoms with E-state index in [4.69, 9.17) is 21.8 Å². The maximum absolute atomic E-state index is 11.8. The summed E-state index contributed by atoms with van der Waals surface area (Å²) in [6.07, 6.45) is 1.41. The van der Waals surface area contributed by atoms with Gasteiger partial charge in [0.15, 0.2) is 5.11 Å². The van der Waals surface area contributed by atoms with E-state index in [-0.39, 0.29) is 10.0 Å². The zero-order valence-electron chi connectivity index (χ0n) is 12.0. The maximum Gasteiger partial charge on any atom is 0.273 e. The Morgan fingerprint density at radius 1 is 1.17 bits per heavy atom. The van der Waals surface area contributed by atoms with Crippen LogP contribution in [-0.2, 0) is 10.0 Å². The molecule has 0 spiro atoms. The number of amides is 1. The van der Waals surface area contributed by atoms with Gasteiger partial charge < -0.3 is 9.73 Å². The summed E-state index contributed by atoms with van der Waals surface area (Å²) in [5.74, 6) is 0.0896. The van der Waals surface area contributed by atoms with Crippen LogP contribution in [0.3, 0.4) is 0 Å². The molecule has 0 unspecified atom stereocenters. The molecule has 1 heterocycles. The number of thiocarbonyl (C=S) groups is 1. The van der Waals surface area contributed by atoms with E-state index in [1.165, 1.54) is 36.6 Å². The van der Waals surface area contributed by atoms with E-state index in [9.17, 15) is 13.2 Å². The molecule has 1 amide bonds. The van der Waals surface area contributed by atoms with Crippen LogP contribution in [0.4, 0.5) is 5.69 Å². The van der Waals surface area contributed by atoms with Crippen molar-refractivity contribution in [2.75, 3.05) is 5.32 Å². The molecule has 1 aromatic carbocycles. The third kappa shape index (κ3) is 4.52. The predicted molar refractivity (Wildman–Crippen MR) is 88.1 cm³/mol. The van der Waals surface area contributed by atoms with Gasteiger partial charge in [-0.15, -0.1) is 0 Å². The smallest absolute Gasteiger partial charge is 0.273 e. The lowest BCUT2D eigenvalue weighted by molar-refractivity contribution is 0.0942. The largest absolute Gasteiger partial charge is 0.469 e. The van der Waals surface area contributed by atoms with Gasteiger partial charge in [-0.1, -0.05) is 0 Å². The number of hydrogen-bond donors (Lipinski definition) is 4. The molecule has 0 saturated heterocycles. The monoisotopic (exact) mass is 354 g/mol. The molecular weight excluding hydrogens is 340 g/mol. The molecule has 0 bridgehead atoms. The molecule has 0 radical (unpaired) electrons. The summed E-state index contributed by atoms with van der Waals surface area (Å²) in [6, 6.07) is 7.21. The first-order chi connectivity index (χ1) is 10.8. The van der Waals surface area contributed by atoms with Crippen LogP contribution in [0.2, 0.25) is 0 Å². The second-order valence-electron chi connectivity index (χ2n) is 4.49. The van der Waals surface area contributed by atoms with Gasteiger partial charge in [0.2, 0.25) is 10.0 Å². The first kappa shape index (κ1) is 16.9. The molecule has 122 valence electrons. The van der Waals surface area contributed by atoms with Gasteiger partial charge >= 0.3 is 0 Å². The number of hydrazine groups is 1. The normalized spacial score (nSPS) is 10.9. The number of carbonyl (C=O) groups excluding carboxylic acids is 1. The number of nitrogens with two attached hydrogens (primary N) is 1. The number of rotatable bonds is 3. The molecule has 2 rings (SSSR count). The Balaban J connectivity index is 1.90. The summed E-state index contributed by atoms with van der Waals surface area (Å²) >= 11 is 5.02. The molecule has 1 aromatic heterocycles. The lowest BCUT2D eigenvalue weighted by Gasteiger charge is -2.11. The first-order valence-electron chi connectivity index (χ1n) is 6.31. The second-order valence-corrected chi connectivity index (χ2v) is 6.46. The van der Waals surface area contributed by atoms with Crippen LogP contribution in [0.5, 0.6) is 0 Å². The van der Waals surface area contributed by atoms with Crippen LogP contribution in [-0.4, -0.2) is 19.4 Å². The third-order valence-electron chi connectivity index (χ3n) is 2.83. The van der Waals surface area contributed by atoms with Gasteiger partial charge in [-0.2, -0.15) is 0 Å². The molecule has 2 aromatic rings. The maximum atomic E-state index is 11.8. The van der Waals surface area contributed by atoms with E-state index < -0.39 is 15.9 Å². The number of carbonyl (C=O) groups is 1. The molecule has 0 aliphatic carbocycles. The zero-order valence-corrected chi connectivity index (χ0v) is 13.6. The number of nitrogens with one attached hydrogen (secondary N) is 3. The summed E-state index contributed by atoms with van der Waals surface area (Å²) in [5.41, 5.74) is 5.86. The van der Waals surface area contributed by atoms with Gasteiger partial charge in [0.05, 0.1) is 16.7 Å². The average Bonchev–Trinajstić information content (AvgIpc) is 2.90. The lowest BCUT2D eigenvalue weighted by Crippen LogP contribution is -2.43. The summed E-state index contributed by atoms with van der Waals surface area (Å²) in [5, 5.41) is 7.92. The van der Waals surface area contributed by atoms with E-state index in [2.05, 4.69) is 16.2 Å². The number of primary sulfonamides is 1. The topological polar surface area (TPSA) is 126 Å². The van der Waals surface area contributed by atoms with Crippen LogP contribution in [0.1, 0.15) is 16.1 Å². The summed E-state index contributed by atoms with van der Waals surface area (Å²) in [7, 11) is -3.74. The fraction of sp³-hybridized carbons (Fsp3) is 0.0769. The van der Waals surface area contributed by atoms with Crippen molar-refractivity contribution < 1.29 is 17.6 Å². The Morgan fingerprint density at radius 2 is 1.83 bits per heavy atom. The fourth-order valence-electron chi connectivity index (χ4n) is 1.69. The number of benzene rings is 1. The SMILES string of the molecule is Cc1occc1C(=O)NNC(=S)Nc1ccc(S(N)(=O)=O)cc1. The minimum atomic E-state index is -3.74. The quantitative estimate of drug-likeness (QED) is 0.476. The molecule has 0 saturated carbocycles. The van der Waals surface area contributed by atoms with E-state index in [0.717, 1.165) is 0 Å². The molecular formula is C13H14N4O4S2. The molecule has 10 heteroatoms. The van der Waals surface area contributed by atoms with Crippen molar-refractivity contribution >= 4 is 38.9 Å². The van der Waals surface area contributed by atoms with E-state index in [1.807, 2.05) is 0 Å². The molecule has 23 heavy (non-hydrogen) atoms. The van der Waals surface area contributed by atoms with Crippen LogP contribution >= 0.6 is 12.2 Å². The second kappa shape index (κ2) is 6.77. The van der Waals surface area contributed by atoms with Crippen molar-refractivity contribution in [2.24, 2.45) is 5.14 Å². The van der Waals surface area contributed by atoms with Gasteiger partial charge in [-0.3, -0.25) is 15.6 Å². The molecule has 0 aliphatic heterocycles. The molecule has 0 fully saturated rings. The average molecular weight is 354 g/mol. The highest BCUT2D eigenvalue weighted by molar-refractivity contribution is 7.89. The van der Waals surface area contributed by atoms with Crippen molar-refractivity contribution in [3.8, 4) is 0 Å². The molecule has 5 N–H and O–H groups in total. The van der Waals surface area contributed by atoms with E-state index in [0.29, 0.717) is 17.0 Å². The summed E-state index contributed by atoms with van der Waals surface area (Å²) < 4.78 is 27.3. The summed E-state index contributed by atoms with van der Waals surface area (Å²) in [4.78, 5) is 11.8. The lowest BCUT2D eigenvalue weighted by atomic mass is 10.2. The molecule has 0 aliphatic rings. The van der Waals surface area contributed by atoms with Crippen molar-refractivity contribution in [2.45, 2.75) is 11.8 Å². The van der Waals surface area contributed by atoms with Crippen LogP contribution in [0.25, 0.3) is 0 Å². The zero-order chi connectivity index (χ0) is 17.0. The predicted octanol–water partition coefficient (Wildman–Crippen LogP) is 0.867. The van der Waals surface area contributed by atoms with Gasteiger partial charge in [0, 0.05) is 5.69 Å². The van der Waals surface area contributed by atoms with Gasteiger partial charge in [0.1, 0.15) is 5.76 Å². The Morgan fingerprint density at radius 3 is 2.35 bits per heavy atom. The van der Waals surface area contributed by atoms with Crippen molar-refractivity contribution in [1.29, 1.82) is 0 Å². The Kier molecular flexibility index (Phi) is 4.98. The highest BCUT2D eigenvalue weighted by Crippen LogP contribution is 2.12. The number of sulfonamides is 1. The number of aryl methyl sites for hydroxylation is 1. The molecule has 0 atom stereocenters. The van der Waals surface area contributed by atoms with Crippen molar-refractivity contribution in [3.05, 3.63) is 47.9 Å². The van der Waals surface area contributed by atoms with Crippen molar-refractivity contribution in [1.82, 2.24) is 10.9 Å². The van der Waals surface area contributed by atoms with Gasteiger partial charge in [-0.05, 0) is 49.5 Å². The molecule has 8 nitrogen and oxygen atoms in total. The third-order valence-corrected chi connectivity index (χ3v) is 3.97.